The Morgan fingerprint density at radius 3 is 2.32 bits per heavy atom. The van der Waals surface area contributed by atoms with Gasteiger partial charge >= 0.3 is 6.18 Å². The van der Waals surface area contributed by atoms with Crippen molar-refractivity contribution < 1.29 is 13.2 Å². The molecular weight excluding hydrogens is 293 g/mol. The van der Waals surface area contributed by atoms with Crippen molar-refractivity contribution in [2.24, 2.45) is 0 Å². The zero-order valence-corrected chi connectivity index (χ0v) is 11.6. The highest BCUT2D eigenvalue weighted by Crippen LogP contribution is 2.30. The van der Waals surface area contributed by atoms with E-state index in [2.05, 4.69) is 4.98 Å². The number of benzene rings is 2. The molecule has 6 heteroatoms. The number of para-hydroxylation sites is 2. The van der Waals surface area contributed by atoms with E-state index in [9.17, 15) is 18.0 Å². The van der Waals surface area contributed by atoms with Gasteiger partial charge in [-0.15, -0.1) is 0 Å². The normalized spacial score (nSPS) is 11.8. The number of halogens is 3. The maximum atomic E-state index is 13.4. The Bertz CT molecular complexity index is 913. The largest absolute Gasteiger partial charge is 0.450 e. The summed E-state index contributed by atoms with van der Waals surface area (Å²) in [4.78, 5) is 16.2. The summed E-state index contributed by atoms with van der Waals surface area (Å²) in [5, 5.41) is 0.152. The Balaban J connectivity index is 2.49. The highest BCUT2D eigenvalue weighted by Gasteiger charge is 2.38. The third kappa shape index (κ3) is 2.26. The van der Waals surface area contributed by atoms with E-state index < -0.39 is 17.6 Å². The summed E-state index contributed by atoms with van der Waals surface area (Å²) in [6.45, 7) is 1.65. The zero-order valence-electron chi connectivity index (χ0n) is 11.6. The minimum absolute atomic E-state index is 0.0321. The van der Waals surface area contributed by atoms with E-state index in [1.54, 1.807) is 37.3 Å². The topological polar surface area (TPSA) is 34.9 Å². The lowest BCUT2D eigenvalue weighted by molar-refractivity contribution is -0.146. The summed E-state index contributed by atoms with van der Waals surface area (Å²) in [6, 6.07) is 12.4. The van der Waals surface area contributed by atoms with Gasteiger partial charge in [0.15, 0.2) is 0 Å². The number of alkyl halides is 3. The number of fused-ring (bicyclic) bond motifs is 1. The fourth-order valence-electron chi connectivity index (χ4n) is 2.36. The summed E-state index contributed by atoms with van der Waals surface area (Å²) >= 11 is 0. The molecular formula is C16H11F3N2O. The van der Waals surface area contributed by atoms with Crippen molar-refractivity contribution >= 4 is 10.9 Å². The quantitative estimate of drug-likeness (QED) is 0.687. The summed E-state index contributed by atoms with van der Waals surface area (Å²) in [6.07, 6.45) is -4.73. The fraction of sp³-hybridized carbons (Fsp3) is 0.125. The molecule has 3 nitrogen and oxygen atoms in total. The summed E-state index contributed by atoms with van der Waals surface area (Å²) in [7, 11) is 0. The van der Waals surface area contributed by atoms with Crippen molar-refractivity contribution in [3.8, 4) is 5.69 Å². The van der Waals surface area contributed by atoms with Crippen LogP contribution in [0, 0.1) is 6.92 Å². The lowest BCUT2D eigenvalue weighted by atomic mass is 10.2. The molecule has 0 spiro atoms. The van der Waals surface area contributed by atoms with Crippen molar-refractivity contribution in [1.29, 1.82) is 0 Å². The van der Waals surface area contributed by atoms with Gasteiger partial charge < -0.3 is 0 Å². The smallest absolute Gasteiger partial charge is 0.268 e. The number of hydrogen-bond acceptors (Lipinski definition) is 2. The first-order valence-corrected chi connectivity index (χ1v) is 6.54. The molecule has 0 bridgehead atoms. The molecule has 0 radical (unpaired) electrons. The van der Waals surface area contributed by atoms with E-state index in [-0.39, 0.29) is 16.6 Å². The summed E-state index contributed by atoms with van der Waals surface area (Å²) < 4.78 is 40.7. The number of rotatable bonds is 1. The molecule has 0 saturated carbocycles. The molecule has 0 aliphatic rings. The second kappa shape index (κ2) is 4.98. The molecule has 0 fully saturated rings. The summed E-state index contributed by atoms with van der Waals surface area (Å²) in [5.74, 6) is -1.22. The molecule has 0 N–H and O–H groups in total. The van der Waals surface area contributed by atoms with Gasteiger partial charge in [-0.2, -0.15) is 13.2 Å². The van der Waals surface area contributed by atoms with E-state index >= 15 is 0 Å². The molecule has 22 heavy (non-hydrogen) atoms. The van der Waals surface area contributed by atoms with Crippen molar-refractivity contribution in [2.45, 2.75) is 13.1 Å². The second-order valence-corrected chi connectivity index (χ2v) is 4.88. The van der Waals surface area contributed by atoms with Gasteiger partial charge in [0.1, 0.15) is 0 Å². The van der Waals surface area contributed by atoms with Gasteiger partial charge in [-0.1, -0.05) is 30.3 Å². The average Bonchev–Trinajstić information content (AvgIpc) is 2.47. The van der Waals surface area contributed by atoms with Crippen LogP contribution in [0.15, 0.2) is 53.3 Å². The standard InChI is InChI=1S/C16H11F3N2O/c1-10-6-2-5-9-13(10)21-14(22)11-7-3-4-8-12(11)20-15(21)16(17,18)19/h2-9H,1H3. The second-order valence-electron chi connectivity index (χ2n) is 4.88. The van der Waals surface area contributed by atoms with Crippen LogP contribution in [-0.2, 0) is 6.18 Å². The van der Waals surface area contributed by atoms with Gasteiger partial charge in [0.25, 0.3) is 5.56 Å². The van der Waals surface area contributed by atoms with Crippen LogP contribution in [0.4, 0.5) is 13.2 Å². The van der Waals surface area contributed by atoms with Gasteiger partial charge in [-0.3, -0.25) is 9.36 Å². The fourth-order valence-corrected chi connectivity index (χ4v) is 2.36. The Labute approximate surface area is 123 Å². The van der Waals surface area contributed by atoms with Crippen LogP contribution in [-0.4, -0.2) is 9.55 Å². The number of nitrogens with zero attached hydrogens (tertiary/aromatic N) is 2. The van der Waals surface area contributed by atoms with Crippen LogP contribution in [0.3, 0.4) is 0 Å². The molecule has 0 aliphatic carbocycles. The minimum atomic E-state index is -4.73. The molecule has 1 aromatic heterocycles. The van der Waals surface area contributed by atoms with Gasteiger partial charge in [-0.05, 0) is 30.7 Å². The predicted octanol–water partition coefficient (Wildman–Crippen LogP) is 3.71. The summed E-state index contributed by atoms with van der Waals surface area (Å²) in [5.41, 5.74) is 0.0437. The molecule has 3 rings (SSSR count). The Morgan fingerprint density at radius 1 is 1.00 bits per heavy atom. The first-order valence-electron chi connectivity index (χ1n) is 6.54. The molecule has 0 aliphatic heterocycles. The maximum absolute atomic E-state index is 13.4. The predicted molar refractivity (Wildman–Crippen MR) is 77.1 cm³/mol. The van der Waals surface area contributed by atoms with Crippen LogP contribution < -0.4 is 5.56 Å². The van der Waals surface area contributed by atoms with Gasteiger partial charge in [0.2, 0.25) is 5.82 Å². The lowest BCUT2D eigenvalue weighted by Crippen LogP contribution is -2.29. The van der Waals surface area contributed by atoms with Crippen LogP contribution >= 0.6 is 0 Å². The molecule has 1 heterocycles. The van der Waals surface area contributed by atoms with Gasteiger partial charge in [0, 0.05) is 0 Å². The van der Waals surface area contributed by atoms with E-state index in [0.717, 1.165) is 0 Å². The molecule has 0 saturated heterocycles. The van der Waals surface area contributed by atoms with Crippen LogP contribution in [0.1, 0.15) is 11.4 Å². The molecule has 0 amide bonds. The van der Waals surface area contributed by atoms with Crippen LogP contribution in [0.2, 0.25) is 0 Å². The number of aryl methyl sites for hydroxylation is 1. The van der Waals surface area contributed by atoms with Crippen LogP contribution in [0.25, 0.3) is 16.6 Å². The molecule has 0 atom stereocenters. The SMILES string of the molecule is Cc1ccccc1-n1c(C(F)(F)F)nc2ccccc2c1=O. The molecule has 3 aromatic rings. The molecule has 112 valence electrons. The third-order valence-corrected chi connectivity index (χ3v) is 3.39. The number of aromatic nitrogens is 2. The van der Waals surface area contributed by atoms with E-state index in [0.29, 0.717) is 10.1 Å². The van der Waals surface area contributed by atoms with E-state index in [1.807, 2.05) is 0 Å². The Morgan fingerprint density at radius 2 is 1.64 bits per heavy atom. The first-order chi connectivity index (χ1) is 10.4. The zero-order chi connectivity index (χ0) is 15.9. The number of hydrogen-bond donors (Lipinski definition) is 0. The molecule has 2 aromatic carbocycles. The van der Waals surface area contributed by atoms with Crippen molar-refractivity contribution in [3.05, 3.63) is 70.3 Å². The van der Waals surface area contributed by atoms with Crippen LogP contribution in [0.5, 0.6) is 0 Å². The van der Waals surface area contributed by atoms with Crippen molar-refractivity contribution in [1.82, 2.24) is 9.55 Å². The molecule has 0 unspecified atom stereocenters. The van der Waals surface area contributed by atoms with Gasteiger partial charge in [0.05, 0.1) is 16.6 Å². The highest BCUT2D eigenvalue weighted by atomic mass is 19.4. The van der Waals surface area contributed by atoms with Crippen molar-refractivity contribution in [3.63, 3.8) is 0 Å². The maximum Gasteiger partial charge on any atom is 0.450 e. The highest BCUT2D eigenvalue weighted by molar-refractivity contribution is 5.78. The lowest BCUT2D eigenvalue weighted by Gasteiger charge is -2.16. The first kappa shape index (κ1) is 14.3. The van der Waals surface area contributed by atoms with Gasteiger partial charge in [-0.25, -0.2) is 4.98 Å². The third-order valence-electron chi connectivity index (χ3n) is 3.39. The monoisotopic (exact) mass is 304 g/mol. The Hall–Kier alpha value is -2.63. The van der Waals surface area contributed by atoms with E-state index in [4.69, 9.17) is 0 Å². The minimum Gasteiger partial charge on any atom is -0.268 e. The average molecular weight is 304 g/mol. The van der Waals surface area contributed by atoms with Crippen molar-refractivity contribution in [2.75, 3.05) is 0 Å². The van der Waals surface area contributed by atoms with E-state index in [1.165, 1.54) is 18.2 Å². The Kier molecular flexibility index (Phi) is 3.24.